The molecule has 0 spiro atoms. The average Bonchev–Trinajstić information content (AvgIpc) is 2.80. The Morgan fingerprint density at radius 1 is 1.27 bits per heavy atom. The highest BCUT2D eigenvalue weighted by atomic mass is 15.1. The monoisotopic (exact) mass is 208 g/mol. The van der Waals surface area contributed by atoms with Gasteiger partial charge in [-0.2, -0.15) is 0 Å². The molecule has 2 rings (SSSR count). The van der Waals surface area contributed by atoms with Crippen molar-refractivity contribution in [3.8, 4) is 0 Å². The van der Waals surface area contributed by atoms with Crippen molar-refractivity contribution in [2.45, 2.75) is 38.6 Å². The summed E-state index contributed by atoms with van der Waals surface area (Å²) in [5.74, 6) is 0.953. The molecule has 2 aliphatic heterocycles. The molecular weight excluding hydrogens is 184 g/mol. The number of hydrogen-bond acceptors (Lipinski definition) is 2. The number of allylic oxidation sites excluding steroid dienone is 1. The summed E-state index contributed by atoms with van der Waals surface area (Å²) < 4.78 is 0. The third kappa shape index (κ3) is 3.05. The van der Waals surface area contributed by atoms with Gasteiger partial charge in [-0.3, -0.25) is 4.90 Å². The predicted octanol–water partition coefficient (Wildman–Crippen LogP) is 2.03. The summed E-state index contributed by atoms with van der Waals surface area (Å²) >= 11 is 0. The lowest BCUT2D eigenvalue weighted by molar-refractivity contribution is 0.177. The second-order valence-corrected chi connectivity index (χ2v) is 4.91. The SMILES string of the molecule is CC=CCN1CCC(C2CCCN2)CC1. The van der Waals surface area contributed by atoms with Crippen molar-refractivity contribution in [3.05, 3.63) is 12.2 Å². The second kappa shape index (κ2) is 5.66. The molecule has 2 heterocycles. The fourth-order valence-corrected chi connectivity index (χ4v) is 2.91. The average molecular weight is 208 g/mol. The molecule has 2 nitrogen and oxygen atoms in total. The minimum Gasteiger partial charge on any atom is -0.314 e. The van der Waals surface area contributed by atoms with Crippen LogP contribution < -0.4 is 5.32 Å². The van der Waals surface area contributed by atoms with Crippen LogP contribution in [0.4, 0.5) is 0 Å². The molecule has 2 saturated heterocycles. The fourth-order valence-electron chi connectivity index (χ4n) is 2.91. The van der Waals surface area contributed by atoms with Gasteiger partial charge in [0.05, 0.1) is 0 Å². The van der Waals surface area contributed by atoms with Crippen LogP contribution in [0, 0.1) is 5.92 Å². The maximum absolute atomic E-state index is 3.65. The fraction of sp³-hybridized carbons (Fsp3) is 0.846. The first-order valence-electron chi connectivity index (χ1n) is 6.47. The van der Waals surface area contributed by atoms with Gasteiger partial charge in [0.25, 0.3) is 0 Å². The lowest BCUT2D eigenvalue weighted by Crippen LogP contribution is -2.40. The van der Waals surface area contributed by atoms with E-state index in [4.69, 9.17) is 0 Å². The van der Waals surface area contributed by atoms with Gasteiger partial charge >= 0.3 is 0 Å². The minimum absolute atomic E-state index is 0.842. The smallest absolute Gasteiger partial charge is 0.0163 e. The van der Waals surface area contributed by atoms with Gasteiger partial charge < -0.3 is 5.32 Å². The summed E-state index contributed by atoms with van der Waals surface area (Å²) in [5.41, 5.74) is 0. The predicted molar refractivity (Wildman–Crippen MR) is 65.0 cm³/mol. The van der Waals surface area contributed by atoms with Crippen LogP contribution in [0.25, 0.3) is 0 Å². The van der Waals surface area contributed by atoms with E-state index < -0.39 is 0 Å². The molecule has 0 aliphatic carbocycles. The zero-order valence-corrected chi connectivity index (χ0v) is 9.91. The normalized spacial score (nSPS) is 30.3. The van der Waals surface area contributed by atoms with Crippen LogP contribution in [-0.4, -0.2) is 37.1 Å². The minimum atomic E-state index is 0.842. The summed E-state index contributed by atoms with van der Waals surface area (Å²) in [7, 11) is 0. The highest BCUT2D eigenvalue weighted by Crippen LogP contribution is 2.25. The van der Waals surface area contributed by atoms with E-state index in [0.717, 1.165) is 18.5 Å². The van der Waals surface area contributed by atoms with E-state index >= 15 is 0 Å². The number of nitrogens with one attached hydrogen (secondary N) is 1. The van der Waals surface area contributed by atoms with Crippen molar-refractivity contribution in [1.82, 2.24) is 10.2 Å². The van der Waals surface area contributed by atoms with Gasteiger partial charge in [-0.15, -0.1) is 0 Å². The van der Waals surface area contributed by atoms with E-state index in [2.05, 4.69) is 29.3 Å². The van der Waals surface area contributed by atoms with E-state index in [-0.39, 0.29) is 0 Å². The molecule has 0 aromatic carbocycles. The van der Waals surface area contributed by atoms with Gasteiger partial charge in [0.15, 0.2) is 0 Å². The second-order valence-electron chi connectivity index (χ2n) is 4.91. The molecule has 0 aromatic rings. The maximum atomic E-state index is 3.65. The Labute approximate surface area is 93.7 Å². The number of piperidine rings is 1. The summed E-state index contributed by atoms with van der Waals surface area (Å²) in [6, 6.07) is 0.842. The van der Waals surface area contributed by atoms with Crippen LogP contribution in [0.5, 0.6) is 0 Å². The summed E-state index contributed by atoms with van der Waals surface area (Å²) in [5, 5.41) is 3.65. The van der Waals surface area contributed by atoms with Crippen molar-refractivity contribution in [2.24, 2.45) is 5.92 Å². The molecule has 0 bridgehead atoms. The van der Waals surface area contributed by atoms with Crippen molar-refractivity contribution in [1.29, 1.82) is 0 Å². The maximum Gasteiger partial charge on any atom is 0.0163 e. The Morgan fingerprint density at radius 3 is 2.67 bits per heavy atom. The lowest BCUT2D eigenvalue weighted by Gasteiger charge is -2.34. The molecule has 15 heavy (non-hydrogen) atoms. The molecule has 0 saturated carbocycles. The molecule has 1 atom stereocenters. The number of hydrogen-bond donors (Lipinski definition) is 1. The zero-order chi connectivity index (χ0) is 10.5. The third-order valence-corrected chi connectivity index (χ3v) is 3.90. The topological polar surface area (TPSA) is 15.3 Å². The van der Waals surface area contributed by atoms with Gasteiger partial charge in [-0.1, -0.05) is 12.2 Å². The first kappa shape index (κ1) is 11.2. The highest BCUT2D eigenvalue weighted by molar-refractivity contribution is 4.88. The molecule has 1 unspecified atom stereocenters. The van der Waals surface area contributed by atoms with Crippen molar-refractivity contribution in [2.75, 3.05) is 26.2 Å². The van der Waals surface area contributed by atoms with Crippen molar-refractivity contribution >= 4 is 0 Å². The van der Waals surface area contributed by atoms with Crippen LogP contribution in [0.1, 0.15) is 32.6 Å². The summed E-state index contributed by atoms with van der Waals surface area (Å²) in [4.78, 5) is 2.57. The van der Waals surface area contributed by atoms with Gasteiger partial charge in [0.2, 0.25) is 0 Å². The Bertz CT molecular complexity index is 199. The molecule has 2 aliphatic rings. The summed E-state index contributed by atoms with van der Waals surface area (Å²) in [6.07, 6.45) is 10.0. The van der Waals surface area contributed by atoms with Crippen LogP contribution in [0.3, 0.4) is 0 Å². The molecule has 2 fully saturated rings. The Morgan fingerprint density at radius 2 is 2.07 bits per heavy atom. The van der Waals surface area contributed by atoms with Crippen LogP contribution >= 0.6 is 0 Å². The molecule has 0 amide bonds. The van der Waals surface area contributed by atoms with Gasteiger partial charge in [0, 0.05) is 12.6 Å². The molecule has 86 valence electrons. The largest absolute Gasteiger partial charge is 0.314 e. The van der Waals surface area contributed by atoms with Crippen LogP contribution in [0.15, 0.2) is 12.2 Å². The Kier molecular flexibility index (Phi) is 4.21. The first-order chi connectivity index (χ1) is 7.40. The Balaban J connectivity index is 1.71. The molecule has 0 radical (unpaired) electrons. The van der Waals surface area contributed by atoms with Gasteiger partial charge in [-0.25, -0.2) is 0 Å². The first-order valence-corrected chi connectivity index (χ1v) is 6.47. The number of likely N-dealkylation sites (tertiary alicyclic amines) is 1. The van der Waals surface area contributed by atoms with Gasteiger partial charge in [-0.05, 0) is 58.2 Å². The van der Waals surface area contributed by atoms with E-state index in [0.29, 0.717) is 0 Å². The third-order valence-electron chi connectivity index (χ3n) is 3.90. The van der Waals surface area contributed by atoms with Crippen molar-refractivity contribution in [3.63, 3.8) is 0 Å². The van der Waals surface area contributed by atoms with Crippen LogP contribution in [0.2, 0.25) is 0 Å². The molecule has 1 N–H and O–H groups in total. The van der Waals surface area contributed by atoms with E-state index in [1.54, 1.807) is 0 Å². The highest BCUT2D eigenvalue weighted by Gasteiger charge is 2.27. The Hall–Kier alpha value is -0.340. The number of nitrogens with zero attached hydrogens (tertiary/aromatic N) is 1. The molecule has 2 heteroatoms. The molecular formula is C13H24N2. The van der Waals surface area contributed by atoms with Crippen LogP contribution in [-0.2, 0) is 0 Å². The lowest BCUT2D eigenvalue weighted by atomic mass is 9.88. The van der Waals surface area contributed by atoms with E-state index in [1.807, 2.05) is 0 Å². The van der Waals surface area contributed by atoms with Gasteiger partial charge in [0.1, 0.15) is 0 Å². The standard InChI is InChI=1S/C13H24N2/c1-2-3-9-15-10-6-12(7-11-15)13-5-4-8-14-13/h2-3,12-14H,4-11H2,1H3. The number of rotatable bonds is 3. The van der Waals surface area contributed by atoms with E-state index in [9.17, 15) is 0 Å². The quantitative estimate of drug-likeness (QED) is 0.714. The van der Waals surface area contributed by atoms with E-state index in [1.165, 1.54) is 45.3 Å². The molecule has 0 aromatic heterocycles. The summed E-state index contributed by atoms with van der Waals surface area (Å²) in [6.45, 7) is 7.11. The van der Waals surface area contributed by atoms with Crippen molar-refractivity contribution < 1.29 is 0 Å². The zero-order valence-electron chi connectivity index (χ0n) is 9.91.